The predicted octanol–water partition coefficient (Wildman–Crippen LogP) is 3.56. The molecule has 0 N–H and O–H groups in total. The molecule has 0 bridgehead atoms. The van der Waals surface area contributed by atoms with Crippen LogP contribution in [0.5, 0.6) is 0 Å². The molecule has 0 amide bonds. The molecule has 0 saturated heterocycles. The molecule has 5 heteroatoms. The average Bonchev–Trinajstić information content (AvgIpc) is 3.06. The zero-order chi connectivity index (χ0) is 14.7. The van der Waals surface area contributed by atoms with Crippen LogP contribution in [0.15, 0.2) is 29.5 Å². The van der Waals surface area contributed by atoms with Gasteiger partial charge in [0, 0.05) is 29.0 Å². The fraction of sp³-hybridized carbons (Fsp3) is 0.312. The largest absolute Gasteiger partial charge is 0.462 e. The van der Waals surface area contributed by atoms with Gasteiger partial charge in [-0.25, -0.2) is 9.79 Å². The van der Waals surface area contributed by atoms with Crippen molar-refractivity contribution in [1.29, 1.82) is 0 Å². The van der Waals surface area contributed by atoms with Gasteiger partial charge in [-0.2, -0.15) is 0 Å². The number of fused-ring (bicyclic) bond motifs is 1. The van der Waals surface area contributed by atoms with E-state index in [4.69, 9.17) is 4.74 Å². The number of aliphatic imine (C=N–C) groups is 1. The number of carbonyl (C=O) groups is 1. The molecule has 108 valence electrons. The highest BCUT2D eigenvalue weighted by Gasteiger charge is 2.27. The molecule has 0 aromatic carbocycles. The van der Waals surface area contributed by atoms with Crippen LogP contribution in [0, 0.1) is 0 Å². The molecule has 2 aromatic rings. The zero-order valence-electron chi connectivity index (χ0n) is 11.8. The Bertz CT molecular complexity index is 677. The fourth-order valence-corrected chi connectivity index (χ4v) is 3.70. The summed E-state index contributed by atoms with van der Waals surface area (Å²) in [6, 6.07) is 3.80. The van der Waals surface area contributed by atoms with Crippen molar-refractivity contribution in [3.05, 3.63) is 46.1 Å². The molecule has 0 aliphatic heterocycles. The van der Waals surface area contributed by atoms with E-state index in [-0.39, 0.29) is 5.97 Å². The van der Waals surface area contributed by atoms with E-state index in [1.54, 1.807) is 29.9 Å². The van der Waals surface area contributed by atoms with E-state index in [1.807, 2.05) is 19.1 Å². The Balaban J connectivity index is 1.95. The molecule has 0 unspecified atom stereocenters. The third-order valence-corrected chi connectivity index (χ3v) is 4.60. The maximum Gasteiger partial charge on any atom is 0.341 e. The van der Waals surface area contributed by atoms with E-state index in [0.29, 0.717) is 12.2 Å². The molecule has 0 radical (unpaired) electrons. The summed E-state index contributed by atoms with van der Waals surface area (Å²) in [5, 5.41) is 0.752. The maximum absolute atomic E-state index is 12.2. The molecule has 3 rings (SSSR count). The first-order chi connectivity index (χ1) is 10.3. The SMILES string of the molecule is CCOC(=O)c1c(N=Cc2cccnc2)sc2c1CCC2. The monoisotopic (exact) mass is 300 g/mol. The van der Waals surface area contributed by atoms with Crippen molar-refractivity contribution in [2.24, 2.45) is 4.99 Å². The quantitative estimate of drug-likeness (QED) is 0.641. The molecule has 4 nitrogen and oxygen atoms in total. The number of aromatic nitrogens is 1. The first-order valence-corrected chi connectivity index (χ1v) is 7.87. The Morgan fingerprint density at radius 1 is 1.52 bits per heavy atom. The van der Waals surface area contributed by atoms with Crippen LogP contribution in [-0.4, -0.2) is 23.8 Å². The van der Waals surface area contributed by atoms with E-state index in [9.17, 15) is 4.79 Å². The molecule has 21 heavy (non-hydrogen) atoms. The van der Waals surface area contributed by atoms with E-state index in [1.165, 1.54) is 4.88 Å². The van der Waals surface area contributed by atoms with Crippen LogP contribution in [0.4, 0.5) is 5.00 Å². The van der Waals surface area contributed by atoms with Gasteiger partial charge in [-0.1, -0.05) is 6.07 Å². The van der Waals surface area contributed by atoms with Crippen LogP contribution >= 0.6 is 11.3 Å². The van der Waals surface area contributed by atoms with Crippen LogP contribution in [-0.2, 0) is 17.6 Å². The van der Waals surface area contributed by atoms with Crippen molar-refractivity contribution in [3.8, 4) is 0 Å². The zero-order valence-corrected chi connectivity index (χ0v) is 12.7. The second-order valence-corrected chi connectivity index (χ2v) is 5.89. The summed E-state index contributed by atoms with van der Waals surface area (Å²) in [5.74, 6) is -0.254. The molecule has 0 fully saturated rings. The van der Waals surface area contributed by atoms with E-state index in [2.05, 4.69) is 9.98 Å². The highest BCUT2D eigenvalue weighted by molar-refractivity contribution is 7.16. The Labute approximate surface area is 127 Å². The van der Waals surface area contributed by atoms with Gasteiger partial charge in [0.1, 0.15) is 5.00 Å². The van der Waals surface area contributed by atoms with Crippen molar-refractivity contribution >= 4 is 28.5 Å². The van der Waals surface area contributed by atoms with Crippen LogP contribution in [0.1, 0.15) is 39.7 Å². The van der Waals surface area contributed by atoms with Crippen molar-refractivity contribution in [1.82, 2.24) is 4.98 Å². The van der Waals surface area contributed by atoms with Crippen molar-refractivity contribution in [2.45, 2.75) is 26.2 Å². The molecule has 1 aliphatic rings. The lowest BCUT2D eigenvalue weighted by molar-refractivity contribution is 0.0527. The van der Waals surface area contributed by atoms with Gasteiger partial charge in [0.25, 0.3) is 0 Å². The van der Waals surface area contributed by atoms with Crippen LogP contribution in [0.2, 0.25) is 0 Å². The highest BCUT2D eigenvalue weighted by Crippen LogP contribution is 2.41. The topological polar surface area (TPSA) is 51.5 Å². The first kappa shape index (κ1) is 13.9. The lowest BCUT2D eigenvalue weighted by Gasteiger charge is -2.03. The average molecular weight is 300 g/mol. The van der Waals surface area contributed by atoms with Gasteiger partial charge in [-0.15, -0.1) is 11.3 Å². The second-order valence-electron chi connectivity index (χ2n) is 4.80. The summed E-state index contributed by atoms with van der Waals surface area (Å²) in [5.41, 5.74) is 2.71. The smallest absolute Gasteiger partial charge is 0.341 e. The van der Waals surface area contributed by atoms with Crippen LogP contribution in [0.25, 0.3) is 0 Å². The molecular weight excluding hydrogens is 284 g/mol. The van der Waals surface area contributed by atoms with Crippen LogP contribution < -0.4 is 0 Å². The minimum absolute atomic E-state index is 0.254. The van der Waals surface area contributed by atoms with Gasteiger partial charge in [-0.05, 0) is 37.8 Å². The number of rotatable bonds is 4. The molecule has 2 aromatic heterocycles. The minimum atomic E-state index is -0.254. The van der Waals surface area contributed by atoms with E-state index < -0.39 is 0 Å². The Hall–Kier alpha value is -2.01. The van der Waals surface area contributed by atoms with Crippen molar-refractivity contribution in [3.63, 3.8) is 0 Å². The van der Waals surface area contributed by atoms with Gasteiger partial charge >= 0.3 is 5.97 Å². The molecule has 2 heterocycles. The number of ether oxygens (including phenoxy) is 1. The predicted molar refractivity (Wildman–Crippen MR) is 83.8 cm³/mol. The van der Waals surface area contributed by atoms with Gasteiger partial charge in [0.15, 0.2) is 0 Å². The molecular formula is C16H16N2O2S. The van der Waals surface area contributed by atoms with E-state index >= 15 is 0 Å². The summed E-state index contributed by atoms with van der Waals surface area (Å²) in [6.07, 6.45) is 8.31. The van der Waals surface area contributed by atoms with Gasteiger partial charge in [-0.3, -0.25) is 4.98 Å². The molecule has 1 aliphatic carbocycles. The van der Waals surface area contributed by atoms with Gasteiger partial charge in [0.05, 0.1) is 12.2 Å². The number of esters is 1. The molecule has 0 atom stereocenters. The molecule has 0 spiro atoms. The number of thiophene rings is 1. The summed E-state index contributed by atoms with van der Waals surface area (Å²) < 4.78 is 5.19. The molecule has 0 saturated carbocycles. The third-order valence-electron chi connectivity index (χ3n) is 3.40. The number of hydrogen-bond donors (Lipinski definition) is 0. The highest BCUT2D eigenvalue weighted by atomic mass is 32.1. The first-order valence-electron chi connectivity index (χ1n) is 7.05. The number of carbonyl (C=O) groups excluding carboxylic acids is 1. The lowest BCUT2D eigenvalue weighted by atomic mass is 10.1. The second kappa shape index (κ2) is 6.18. The Morgan fingerprint density at radius 3 is 3.19 bits per heavy atom. The van der Waals surface area contributed by atoms with Crippen molar-refractivity contribution in [2.75, 3.05) is 6.61 Å². The van der Waals surface area contributed by atoms with Gasteiger partial charge < -0.3 is 4.74 Å². The standard InChI is InChI=1S/C16H16N2O2S/c1-2-20-16(19)14-12-6-3-7-13(12)21-15(14)18-10-11-5-4-8-17-9-11/h4-5,8-10H,2-3,6-7H2,1H3. The fourth-order valence-electron chi connectivity index (χ4n) is 2.48. The van der Waals surface area contributed by atoms with Crippen LogP contribution in [0.3, 0.4) is 0 Å². The van der Waals surface area contributed by atoms with E-state index in [0.717, 1.165) is 35.4 Å². The summed E-state index contributed by atoms with van der Waals surface area (Å²) >= 11 is 1.60. The number of aryl methyl sites for hydroxylation is 1. The number of hydrogen-bond acceptors (Lipinski definition) is 5. The summed E-state index contributed by atoms with van der Waals surface area (Å²) in [7, 11) is 0. The number of pyridine rings is 1. The van der Waals surface area contributed by atoms with Crippen molar-refractivity contribution < 1.29 is 9.53 Å². The van der Waals surface area contributed by atoms with Gasteiger partial charge in [0.2, 0.25) is 0 Å². The summed E-state index contributed by atoms with van der Waals surface area (Å²) in [4.78, 5) is 22.0. The number of nitrogens with zero attached hydrogens (tertiary/aromatic N) is 2. The Kier molecular flexibility index (Phi) is 4.10. The minimum Gasteiger partial charge on any atom is -0.462 e. The normalized spacial score (nSPS) is 13.6. The Morgan fingerprint density at radius 2 is 2.43 bits per heavy atom. The lowest BCUT2D eigenvalue weighted by Crippen LogP contribution is -2.06. The third kappa shape index (κ3) is 2.88. The maximum atomic E-state index is 12.2. The summed E-state index contributed by atoms with van der Waals surface area (Å²) in [6.45, 7) is 2.21.